The highest BCUT2D eigenvalue weighted by molar-refractivity contribution is 5.96. The van der Waals surface area contributed by atoms with Gasteiger partial charge in [-0.2, -0.15) is 0 Å². The maximum atomic E-state index is 12.3. The summed E-state index contributed by atoms with van der Waals surface area (Å²) in [6, 6.07) is 15.1. The van der Waals surface area contributed by atoms with Gasteiger partial charge in [0.05, 0.1) is 14.2 Å². The zero-order chi connectivity index (χ0) is 21.3. The Morgan fingerprint density at radius 2 is 1.60 bits per heavy atom. The van der Waals surface area contributed by atoms with Crippen molar-refractivity contribution in [3.63, 3.8) is 0 Å². The molecule has 0 saturated carbocycles. The van der Waals surface area contributed by atoms with E-state index in [4.69, 9.17) is 9.47 Å². The fourth-order valence-electron chi connectivity index (χ4n) is 3.37. The topological polar surface area (TPSA) is 83.1 Å². The summed E-state index contributed by atoms with van der Waals surface area (Å²) in [5, 5.41) is 0. The predicted molar refractivity (Wildman–Crippen MR) is 115 cm³/mol. The normalized spacial score (nSPS) is 14.1. The van der Waals surface area contributed by atoms with Crippen molar-refractivity contribution in [3.8, 4) is 11.5 Å². The van der Waals surface area contributed by atoms with Crippen molar-refractivity contribution in [2.45, 2.75) is 6.42 Å². The van der Waals surface area contributed by atoms with Crippen molar-refractivity contribution in [1.82, 2.24) is 15.8 Å². The third-order valence-electron chi connectivity index (χ3n) is 5.11. The van der Waals surface area contributed by atoms with Gasteiger partial charge < -0.3 is 14.4 Å². The predicted octanol–water partition coefficient (Wildman–Crippen LogP) is 1.68. The summed E-state index contributed by atoms with van der Waals surface area (Å²) in [5.41, 5.74) is 6.51. The van der Waals surface area contributed by atoms with E-state index >= 15 is 0 Å². The molecule has 0 spiro atoms. The Balaban J connectivity index is 1.39. The summed E-state index contributed by atoms with van der Waals surface area (Å²) < 4.78 is 10.3. The standard InChI is InChI=1S/C22H28N4O4/c1-29-19-9-8-17(16-20(19)30-2)22(28)24-23-21(27)10-11-25-12-14-26(15-13-25)18-6-4-3-5-7-18/h3-9,16H,10-15H2,1-2H3,(H,23,27)(H,24,28). The SMILES string of the molecule is COc1ccc(C(=O)NNC(=O)CCN2CCN(c3ccccc3)CC2)cc1OC. The van der Waals surface area contributed by atoms with Gasteiger partial charge in [-0.3, -0.25) is 25.3 Å². The maximum Gasteiger partial charge on any atom is 0.269 e. The Bertz CT molecular complexity index is 851. The Morgan fingerprint density at radius 1 is 0.900 bits per heavy atom. The van der Waals surface area contributed by atoms with Gasteiger partial charge in [0.25, 0.3) is 5.91 Å². The van der Waals surface area contributed by atoms with Crippen LogP contribution >= 0.6 is 0 Å². The number of rotatable bonds is 7. The molecule has 0 bridgehead atoms. The van der Waals surface area contributed by atoms with Gasteiger partial charge in [0.15, 0.2) is 11.5 Å². The summed E-state index contributed by atoms with van der Waals surface area (Å²) in [5.74, 6) is 0.340. The molecule has 8 nitrogen and oxygen atoms in total. The van der Waals surface area contributed by atoms with Gasteiger partial charge in [0, 0.05) is 50.4 Å². The monoisotopic (exact) mass is 412 g/mol. The lowest BCUT2D eigenvalue weighted by molar-refractivity contribution is -0.122. The van der Waals surface area contributed by atoms with E-state index in [2.05, 4.69) is 32.8 Å². The summed E-state index contributed by atoms with van der Waals surface area (Å²) in [7, 11) is 3.03. The van der Waals surface area contributed by atoms with Crippen LogP contribution in [0.2, 0.25) is 0 Å². The van der Waals surface area contributed by atoms with E-state index in [1.807, 2.05) is 18.2 Å². The van der Waals surface area contributed by atoms with Gasteiger partial charge in [-0.15, -0.1) is 0 Å². The van der Waals surface area contributed by atoms with Crippen LogP contribution in [-0.4, -0.2) is 63.7 Å². The second-order valence-electron chi connectivity index (χ2n) is 6.99. The van der Waals surface area contributed by atoms with Gasteiger partial charge >= 0.3 is 0 Å². The number of para-hydroxylation sites is 1. The van der Waals surface area contributed by atoms with Crippen molar-refractivity contribution in [2.24, 2.45) is 0 Å². The molecule has 2 amide bonds. The van der Waals surface area contributed by atoms with Crippen LogP contribution in [0.25, 0.3) is 0 Å². The third-order valence-corrected chi connectivity index (χ3v) is 5.11. The van der Waals surface area contributed by atoms with Crippen LogP contribution < -0.4 is 25.2 Å². The van der Waals surface area contributed by atoms with Crippen molar-refractivity contribution < 1.29 is 19.1 Å². The molecule has 0 radical (unpaired) electrons. The van der Waals surface area contributed by atoms with Crippen LogP contribution in [0.15, 0.2) is 48.5 Å². The molecule has 0 unspecified atom stereocenters. The smallest absolute Gasteiger partial charge is 0.269 e. The van der Waals surface area contributed by atoms with E-state index in [0.717, 1.165) is 26.2 Å². The average Bonchev–Trinajstić information content (AvgIpc) is 2.81. The molecule has 3 rings (SSSR count). The number of carbonyl (C=O) groups excluding carboxylic acids is 2. The Morgan fingerprint density at radius 3 is 2.27 bits per heavy atom. The molecule has 2 aromatic carbocycles. The Labute approximate surface area is 176 Å². The molecule has 2 aromatic rings. The zero-order valence-electron chi connectivity index (χ0n) is 17.4. The van der Waals surface area contributed by atoms with Gasteiger partial charge in [-0.05, 0) is 30.3 Å². The van der Waals surface area contributed by atoms with Crippen molar-refractivity contribution in [2.75, 3.05) is 51.8 Å². The Hall–Kier alpha value is -3.26. The number of nitrogens with zero attached hydrogens (tertiary/aromatic N) is 2. The molecule has 1 fully saturated rings. The number of hydrogen-bond acceptors (Lipinski definition) is 6. The van der Waals surface area contributed by atoms with Gasteiger partial charge in [-0.1, -0.05) is 18.2 Å². The van der Waals surface area contributed by atoms with Crippen LogP contribution in [0, 0.1) is 0 Å². The minimum absolute atomic E-state index is 0.227. The molecular weight excluding hydrogens is 384 g/mol. The molecule has 30 heavy (non-hydrogen) atoms. The second kappa shape index (κ2) is 10.5. The lowest BCUT2D eigenvalue weighted by atomic mass is 10.2. The first-order valence-corrected chi connectivity index (χ1v) is 9.94. The molecule has 1 aliphatic rings. The number of benzene rings is 2. The van der Waals surface area contributed by atoms with Crippen molar-refractivity contribution in [3.05, 3.63) is 54.1 Å². The van der Waals surface area contributed by atoms with E-state index in [1.165, 1.54) is 19.9 Å². The van der Waals surface area contributed by atoms with E-state index in [-0.39, 0.29) is 5.91 Å². The van der Waals surface area contributed by atoms with Gasteiger partial charge in [0.1, 0.15) is 0 Å². The fraction of sp³-hybridized carbons (Fsp3) is 0.364. The van der Waals surface area contributed by atoms with E-state index in [1.54, 1.807) is 18.2 Å². The molecule has 1 aliphatic heterocycles. The van der Waals surface area contributed by atoms with Gasteiger partial charge in [0.2, 0.25) is 5.91 Å². The average molecular weight is 412 g/mol. The second-order valence-corrected chi connectivity index (χ2v) is 6.99. The highest BCUT2D eigenvalue weighted by atomic mass is 16.5. The lowest BCUT2D eigenvalue weighted by Gasteiger charge is -2.36. The first kappa shape index (κ1) is 21.4. The number of ether oxygens (including phenoxy) is 2. The maximum absolute atomic E-state index is 12.3. The first-order valence-electron chi connectivity index (χ1n) is 9.94. The molecule has 0 aliphatic carbocycles. The van der Waals surface area contributed by atoms with E-state index in [9.17, 15) is 9.59 Å². The van der Waals surface area contributed by atoms with Crippen molar-refractivity contribution in [1.29, 1.82) is 0 Å². The molecule has 2 N–H and O–H groups in total. The quantitative estimate of drug-likeness (QED) is 0.674. The molecule has 0 atom stereocenters. The van der Waals surface area contributed by atoms with E-state index < -0.39 is 5.91 Å². The number of amides is 2. The number of hydrogen-bond donors (Lipinski definition) is 2. The number of hydrazine groups is 1. The number of nitrogens with one attached hydrogen (secondary N) is 2. The molecular formula is C22H28N4O4. The Kier molecular flexibility index (Phi) is 7.51. The highest BCUT2D eigenvalue weighted by Crippen LogP contribution is 2.27. The molecule has 8 heteroatoms. The molecule has 1 heterocycles. The third kappa shape index (κ3) is 5.64. The summed E-state index contributed by atoms with van der Waals surface area (Å²) in [6.45, 7) is 4.32. The minimum Gasteiger partial charge on any atom is -0.493 e. The number of methoxy groups -OCH3 is 2. The summed E-state index contributed by atoms with van der Waals surface area (Å²) in [6.07, 6.45) is 0.317. The number of anilines is 1. The van der Waals surface area contributed by atoms with Crippen LogP contribution in [0.4, 0.5) is 5.69 Å². The van der Waals surface area contributed by atoms with E-state index in [0.29, 0.717) is 30.0 Å². The molecule has 0 aromatic heterocycles. The first-order chi connectivity index (χ1) is 14.6. The van der Waals surface area contributed by atoms with Gasteiger partial charge in [-0.25, -0.2) is 0 Å². The fourth-order valence-corrected chi connectivity index (χ4v) is 3.37. The number of piperazine rings is 1. The lowest BCUT2D eigenvalue weighted by Crippen LogP contribution is -2.48. The zero-order valence-corrected chi connectivity index (χ0v) is 17.4. The van der Waals surface area contributed by atoms with Crippen molar-refractivity contribution >= 4 is 17.5 Å². The largest absolute Gasteiger partial charge is 0.493 e. The van der Waals surface area contributed by atoms with Crippen LogP contribution in [0.1, 0.15) is 16.8 Å². The highest BCUT2D eigenvalue weighted by Gasteiger charge is 2.18. The summed E-state index contributed by atoms with van der Waals surface area (Å²) in [4.78, 5) is 29.0. The van der Waals surface area contributed by atoms with Crippen LogP contribution in [-0.2, 0) is 4.79 Å². The van der Waals surface area contributed by atoms with Crippen LogP contribution in [0.3, 0.4) is 0 Å². The van der Waals surface area contributed by atoms with Crippen LogP contribution in [0.5, 0.6) is 11.5 Å². The minimum atomic E-state index is -0.416. The molecule has 160 valence electrons. The molecule has 1 saturated heterocycles. The summed E-state index contributed by atoms with van der Waals surface area (Å²) >= 11 is 0. The number of carbonyl (C=O) groups is 2.